The number of carboxylic acids is 1. The summed E-state index contributed by atoms with van der Waals surface area (Å²) in [4.78, 5) is 22.1. The number of ether oxygens (including phenoxy) is 1. The molecule has 7 nitrogen and oxygen atoms in total. The summed E-state index contributed by atoms with van der Waals surface area (Å²) in [6.45, 7) is 0. The monoisotopic (exact) mass is 343 g/mol. The van der Waals surface area contributed by atoms with E-state index in [-0.39, 0.29) is 22.9 Å². The van der Waals surface area contributed by atoms with Crippen LogP contribution in [0.1, 0.15) is 12.0 Å². The van der Waals surface area contributed by atoms with E-state index in [9.17, 15) is 18.4 Å². The third-order valence-corrected chi connectivity index (χ3v) is 3.80. The van der Waals surface area contributed by atoms with Gasteiger partial charge >= 0.3 is 5.97 Å². The van der Waals surface area contributed by atoms with Crippen molar-refractivity contribution >= 4 is 35.0 Å². The van der Waals surface area contributed by atoms with Crippen LogP contribution in [0.25, 0.3) is 0 Å². The minimum Gasteiger partial charge on any atom is -0.493 e. The number of amidine groups is 1. The second-order valence-corrected chi connectivity index (χ2v) is 5.54. The van der Waals surface area contributed by atoms with Gasteiger partial charge in [0.05, 0.1) is 19.7 Å². The van der Waals surface area contributed by atoms with Crippen LogP contribution < -0.4 is 10.1 Å². The summed E-state index contributed by atoms with van der Waals surface area (Å²) in [6.07, 6.45) is 0.720. The first-order chi connectivity index (χ1) is 10.9. The van der Waals surface area contributed by atoms with Crippen LogP contribution >= 0.6 is 11.8 Å². The summed E-state index contributed by atoms with van der Waals surface area (Å²) < 4.78 is 31.5. The minimum atomic E-state index is -1.11. The van der Waals surface area contributed by atoms with Gasteiger partial charge in [0.15, 0.2) is 16.7 Å². The standard InChI is InChI=1S/C13H11F2N3O4S/c1-22-11-6(2-7(14)3-8(11)15)5-16-18-13-17-12(21)9(23-13)4-10(19)20/h2-3,5,9H,4H2,1H3,(H,19,20)(H,17,18,21). The molecule has 1 aromatic carbocycles. The Kier molecular flexibility index (Phi) is 5.27. The van der Waals surface area contributed by atoms with Gasteiger partial charge in [0.1, 0.15) is 11.1 Å². The lowest BCUT2D eigenvalue weighted by atomic mass is 10.2. The molecule has 1 aromatic rings. The van der Waals surface area contributed by atoms with Crippen molar-refractivity contribution in [1.82, 2.24) is 5.32 Å². The lowest BCUT2D eigenvalue weighted by molar-refractivity contribution is -0.138. The van der Waals surface area contributed by atoms with E-state index in [4.69, 9.17) is 9.84 Å². The maximum Gasteiger partial charge on any atom is 0.305 e. The molecule has 1 aliphatic heterocycles. The summed E-state index contributed by atoms with van der Waals surface area (Å²) in [6, 6.07) is 1.69. The minimum absolute atomic E-state index is 0.0331. The highest BCUT2D eigenvalue weighted by molar-refractivity contribution is 8.15. The third-order valence-electron chi connectivity index (χ3n) is 2.72. The van der Waals surface area contributed by atoms with Crippen LogP contribution in [0.2, 0.25) is 0 Å². The van der Waals surface area contributed by atoms with Crippen molar-refractivity contribution in [3.63, 3.8) is 0 Å². The van der Waals surface area contributed by atoms with Gasteiger partial charge in [-0.2, -0.15) is 5.10 Å². The van der Waals surface area contributed by atoms with Gasteiger partial charge in [0.2, 0.25) is 5.91 Å². The number of amides is 1. The molecule has 10 heteroatoms. The van der Waals surface area contributed by atoms with Gasteiger partial charge < -0.3 is 15.2 Å². The van der Waals surface area contributed by atoms with E-state index in [1.165, 1.54) is 7.11 Å². The molecule has 0 spiro atoms. The lowest BCUT2D eigenvalue weighted by Gasteiger charge is -2.05. The van der Waals surface area contributed by atoms with Gasteiger partial charge in [-0.1, -0.05) is 11.8 Å². The number of carboxylic acid groups (broad SMARTS) is 1. The second kappa shape index (κ2) is 7.18. The van der Waals surface area contributed by atoms with Crippen LogP contribution in [-0.2, 0) is 9.59 Å². The Hall–Kier alpha value is -2.49. The number of hydrogen-bond acceptors (Lipinski definition) is 6. The molecular weight excluding hydrogens is 332 g/mol. The highest BCUT2D eigenvalue weighted by atomic mass is 32.2. The Morgan fingerprint density at radius 1 is 1.52 bits per heavy atom. The molecule has 1 unspecified atom stereocenters. The van der Waals surface area contributed by atoms with E-state index in [1.54, 1.807) is 0 Å². The number of nitrogens with one attached hydrogen (secondary N) is 1. The summed E-state index contributed by atoms with van der Waals surface area (Å²) in [5.74, 6) is -3.47. The third kappa shape index (κ3) is 4.25. The molecule has 2 rings (SSSR count). The van der Waals surface area contributed by atoms with Gasteiger partial charge in [-0.15, -0.1) is 5.10 Å². The first-order valence-electron chi connectivity index (χ1n) is 6.24. The fourth-order valence-electron chi connectivity index (χ4n) is 1.78. The number of hydrogen-bond donors (Lipinski definition) is 2. The number of benzene rings is 1. The molecule has 1 aliphatic rings. The zero-order chi connectivity index (χ0) is 17.0. The van der Waals surface area contributed by atoms with Crippen molar-refractivity contribution in [1.29, 1.82) is 0 Å². The molecule has 1 fully saturated rings. The van der Waals surface area contributed by atoms with E-state index in [2.05, 4.69) is 15.5 Å². The smallest absolute Gasteiger partial charge is 0.305 e. The average Bonchev–Trinajstić information content (AvgIpc) is 2.78. The van der Waals surface area contributed by atoms with Gasteiger partial charge in [0, 0.05) is 11.6 Å². The van der Waals surface area contributed by atoms with Crippen molar-refractivity contribution < 1.29 is 28.2 Å². The van der Waals surface area contributed by atoms with E-state index in [0.717, 1.165) is 24.0 Å². The maximum absolute atomic E-state index is 13.5. The Morgan fingerprint density at radius 2 is 2.26 bits per heavy atom. The van der Waals surface area contributed by atoms with Crippen LogP contribution in [-0.4, -0.2) is 40.7 Å². The Labute approximate surface area is 133 Å². The van der Waals surface area contributed by atoms with Gasteiger partial charge in [-0.25, -0.2) is 8.78 Å². The Balaban J connectivity index is 2.13. The van der Waals surface area contributed by atoms with Crippen LogP contribution in [0, 0.1) is 11.6 Å². The first-order valence-corrected chi connectivity index (χ1v) is 7.12. The fraction of sp³-hybridized carbons (Fsp3) is 0.231. The predicted molar refractivity (Wildman–Crippen MR) is 79.7 cm³/mol. The largest absolute Gasteiger partial charge is 0.493 e. The number of carbonyl (C=O) groups excluding carboxylic acids is 1. The van der Waals surface area contributed by atoms with Crippen LogP contribution in [0.3, 0.4) is 0 Å². The average molecular weight is 343 g/mol. The molecule has 0 aliphatic carbocycles. The molecule has 0 aromatic heterocycles. The number of methoxy groups -OCH3 is 1. The molecule has 23 heavy (non-hydrogen) atoms. The van der Waals surface area contributed by atoms with Crippen molar-refractivity contribution in [3.8, 4) is 5.75 Å². The molecule has 1 heterocycles. The molecule has 1 atom stereocenters. The highest BCUT2D eigenvalue weighted by Crippen LogP contribution is 2.24. The second-order valence-electron chi connectivity index (χ2n) is 4.35. The number of aliphatic carboxylic acids is 1. The molecular formula is C13H11F2N3O4S. The summed E-state index contributed by atoms with van der Waals surface area (Å²) in [5, 5.41) is 17.7. The van der Waals surface area contributed by atoms with Crippen molar-refractivity contribution in [2.75, 3.05) is 7.11 Å². The maximum atomic E-state index is 13.5. The zero-order valence-corrected chi connectivity index (χ0v) is 12.6. The van der Waals surface area contributed by atoms with Gasteiger partial charge in [-0.05, 0) is 6.07 Å². The molecule has 0 radical (unpaired) electrons. The Morgan fingerprint density at radius 3 is 2.91 bits per heavy atom. The summed E-state index contributed by atoms with van der Waals surface area (Å²) in [5.41, 5.74) is 0.0331. The van der Waals surface area contributed by atoms with Crippen molar-refractivity contribution in [2.45, 2.75) is 11.7 Å². The SMILES string of the molecule is COc1c(F)cc(F)cc1C=NN=C1NC(=O)C(CC(=O)O)S1. The molecule has 2 N–H and O–H groups in total. The summed E-state index contributed by atoms with van der Waals surface area (Å²) in [7, 11) is 1.23. The molecule has 1 saturated heterocycles. The number of rotatable bonds is 5. The fourth-order valence-corrected chi connectivity index (χ4v) is 2.70. The number of thioether (sulfide) groups is 1. The number of nitrogens with zero attached hydrogens (tertiary/aromatic N) is 2. The summed E-state index contributed by atoms with van der Waals surface area (Å²) >= 11 is 0.914. The van der Waals surface area contributed by atoms with Crippen LogP contribution in [0.4, 0.5) is 8.78 Å². The van der Waals surface area contributed by atoms with Crippen molar-refractivity contribution in [3.05, 3.63) is 29.3 Å². The molecule has 0 bridgehead atoms. The van der Waals surface area contributed by atoms with E-state index < -0.39 is 28.8 Å². The normalized spacial score (nSPS) is 19.3. The van der Waals surface area contributed by atoms with Gasteiger partial charge in [-0.3, -0.25) is 9.59 Å². The predicted octanol–water partition coefficient (Wildman–Crippen LogP) is 1.37. The van der Waals surface area contributed by atoms with Crippen LogP contribution in [0.5, 0.6) is 5.75 Å². The Bertz CT molecular complexity index is 709. The topological polar surface area (TPSA) is 100 Å². The van der Waals surface area contributed by atoms with E-state index >= 15 is 0 Å². The molecule has 1 amide bonds. The first kappa shape index (κ1) is 16.9. The highest BCUT2D eigenvalue weighted by Gasteiger charge is 2.32. The van der Waals surface area contributed by atoms with Crippen LogP contribution in [0.15, 0.2) is 22.3 Å². The zero-order valence-electron chi connectivity index (χ0n) is 11.7. The van der Waals surface area contributed by atoms with Crippen molar-refractivity contribution in [2.24, 2.45) is 10.2 Å². The van der Waals surface area contributed by atoms with E-state index in [0.29, 0.717) is 6.07 Å². The molecule has 122 valence electrons. The molecule has 0 saturated carbocycles. The number of carbonyl (C=O) groups is 2. The lowest BCUT2D eigenvalue weighted by Crippen LogP contribution is -2.26. The number of halogens is 2. The quantitative estimate of drug-likeness (QED) is 0.621. The van der Waals surface area contributed by atoms with Gasteiger partial charge in [0.25, 0.3) is 0 Å². The van der Waals surface area contributed by atoms with E-state index in [1.807, 2.05) is 0 Å².